The molecule has 0 aliphatic heterocycles. The SMILES string of the molecule is O=C(CNC(=O)c1cc(C(F)(F)F)cc(C(F)(F)F)c1)Nc1ccc(Cl)cc1. The molecule has 2 amide bonds. The van der Waals surface area contributed by atoms with Gasteiger partial charge in [0.15, 0.2) is 0 Å². The van der Waals surface area contributed by atoms with Crippen molar-refractivity contribution in [2.75, 3.05) is 11.9 Å². The molecule has 0 atom stereocenters. The average molecular weight is 425 g/mol. The van der Waals surface area contributed by atoms with E-state index in [1.807, 2.05) is 5.32 Å². The summed E-state index contributed by atoms with van der Waals surface area (Å²) < 4.78 is 76.9. The molecule has 28 heavy (non-hydrogen) atoms. The zero-order chi connectivity index (χ0) is 21.1. The van der Waals surface area contributed by atoms with Crippen LogP contribution in [0.5, 0.6) is 0 Å². The third-order valence-corrected chi connectivity index (χ3v) is 3.64. The topological polar surface area (TPSA) is 58.2 Å². The van der Waals surface area contributed by atoms with Crippen molar-refractivity contribution in [2.24, 2.45) is 0 Å². The van der Waals surface area contributed by atoms with Crippen molar-refractivity contribution in [3.8, 4) is 0 Å². The summed E-state index contributed by atoms with van der Waals surface area (Å²) in [5.41, 5.74) is -3.79. The van der Waals surface area contributed by atoms with Crippen LogP contribution in [0.4, 0.5) is 32.0 Å². The van der Waals surface area contributed by atoms with Gasteiger partial charge in [0, 0.05) is 16.3 Å². The number of benzene rings is 2. The molecule has 2 rings (SSSR count). The summed E-state index contributed by atoms with van der Waals surface area (Å²) in [6.07, 6.45) is -10.2. The minimum atomic E-state index is -5.08. The van der Waals surface area contributed by atoms with E-state index in [4.69, 9.17) is 11.6 Å². The lowest BCUT2D eigenvalue weighted by atomic mass is 10.0. The molecular weight excluding hydrogens is 414 g/mol. The van der Waals surface area contributed by atoms with E-state index in [-0.39, 0.29) is 18.2 Å². The van der Waals surface area contributed by atoms with Crippen LogP contribution in [-0.2, 0) is 17.1 Å². The van der Waals surface area contributed by atoms with Gasteiger partial charge in [0.2, 0.25) is 5.91 Å². The molecule has 0 unspecified atom stereocenters. The molecule has 0 radical (unpaired) electrons. The Balaban J connectivity index is 2.12. The molecule has 11 heteroatoms. The Bertz CT molecular complexity index is 846. The van der Waals surface area contributed by atoms with Crippen LogP contribution in [0.2, 0.25) is 5.02 Å². The van der Waals surface area contributed by atoms with Gasteiger partial charge in [0.1, 0.15) is 0 Å². The quantitative estimate of drug-likeness (QED) is 0.696. The van der Waals surface area contributed by atoms with Gasteiger partial charge in [-0.15, -0.1) is 0 Å². The summed E-state index contributed by atoms with van der Waals surface area (Å²) in [5.74, 6) is -2.00. The van der Waals surface area contributed by atoms with Crippen LogP contribution in [0, 0.1) is 0 Å². The van der Waals surface area contributed by atoms with Crippen LogP contribution >= 0.6 is 11.6 Å². The Morgan fingerprint density at radius 1 is 0.857 bits per heavy atom. The number of halogens is 7. The van der Waals surface area contributed by atoms with Crippen LogP contribution in [-0.4, -0.2) is 18.4 Å². The standard InChI is InChI=1S/C17H11ClF6N2O2/c18-12-1-3-13(4-2-12)26-14(27)8-25-15(28)9-5-10(16(19,20)21)7-11(6-9)17(22,23)24/h1-7H,8H2,(H,25,28)(H,26,27). The number of carbonyl (C=O) groups is 2. The Morgan fingerprint density at radius 2 is 1.36 bits per heavy atom. The van der Waals surface area contributed by atoms with Gasteiger partial charge < -0.3 is 10.6 Å². The largest absolute Gasteiger partial charge is 0.416 e. The number of hydrogen-bond acceptors (Lipinski definition) is 2. The van der Waals surface area contributed by atoms with Gasteiger partial charge in [-0.1, -0.05) is 11.6 Å². The molecule has 4 nitrogen and oxygen atoms in total. The lowest BCUT2D eigenvalue weighted by Gasteiger charge is -2.14. The van der Waals surface area contributed by atoms with Gasteiger partial charge in [-0.2, -0.15) is 26.3 Å². The minimum Gasteiger partial charge on any atom is -0.343 e. The highest BCUT2D eigenvalue weighted by Crippen LogP contribution is 2.36. The second-order valence-electron chi connectivity index (χ2n) is 5.53. The predicted molar refractivity (Wildman–Crippen MR) is 88.9 cm³/mol. The molecule has 0 spiro atoms. The molecule has 2 N–H and O–H groups in total. The molecule has 0 saturated carbocycles. The first-order chi connectivity index (χ1) is 12.9. The molecule has 0 fully saturated rings. The number of alkyl halides is 6. The Hall–Kier alpha value is -2.75. The molecule has 2 aromatic rings. The van der Waals surface area contributed by atoms with Crippen LogP contribution in [0.3, 0.4) is 0 Å². The number of rotatable bonds is 4. The fourth-order valence-electron chi connectivity index (χ4n) is 2.09. The maximum atomic E-state index is 12.8. The molecule has 0 heterocycles. The highest BCUT2D eigenvalue weighted by molar-refractivity contribution is 6.30. The second kappa shape index (κ2) is 8.09. The summed E-state index contributed by atoms with van der Waals surface area (Å²) in [7, 11) is 0. The maximum absolute atomic E-state index is 12.8. The first-order valence-electron chi connectivity index (χ1n) is 7.49. The van der Waals surface area contributed by atoms with Crippen LogP contribution < -0.4 is 10.6 Å². The monoisotopic (exact) mass is 424 g/mol. The molecule has 0 saturated heterocycles. The predicted octanol–water partition coefficient (Wildman–Crippen LogP) is 4.75. The first-order valence-corrected chi connectivity index (χ1v) is 7.87. The van der Waals surface area contributed by atoms with E-state index in [0.717, 1.165) is 0 Å². The zero-order valence-corrected chi connectivity index (χ0v) is 14.5. The highest BCUT2D eigenvalue weighted by atomic mass is 35.5. The van der Waals surface area contributed by atoms with Crippen molar-refractivity contribution >= 4 is 29.1 Å². The van der Waals surface area contributed by atoms with Gasteiger partial charge in [-0.3, -0.25) is 9.59 Å². The van der Waals surface area contributed by atoms with Crippen LogP contribution in [0.25, 0.3) is 0 Å². The number of hydrogen-bond donors (Lipinski definition) is 2. The number of carbonyl (C=O) groups excluding carboxylic acids is 2. The van der Waals surface area contributed by atoms with Crippen molar-refractivity contribution < 1.29 is 35.9 Å². The van der Waals surface area contributed by atoms with Crippen molar-refractivity contribution in [2.45, 2.75) is 12.4 Å². The molecular formula is C17H11ClF6N2O2. The van der Waals surface area contributed by atoms with Crippen molar-refractivity contribution in [3.63, 3.8) is 0 Å². The summed E-state index contributed by atoms with van der Waals surface area (Å²) >= 11 is 5.68. The summed E-state index contributed by atoms with van der Waals surface area (Å²) in [6, 6.07) is 6.36. The fourth-order valence-corrected chi connectivity index (χ4v) is 2.21. The van der Waals surface area contributed by atoms with E-state index in [1.54, 1.807) is 0 Å². The summed E-state index contributed by atoms with van der Waals surface area (Å²) in [5, 5.41) is 4.76. The van der Waals surface area contributed by atoms with Gasteiger partial charge in [0.25, 0.3) is 5.91 Å². The molecule has 150 valence electrons. The van der Waals surface area contributed by atoms with E-state index in [9.17, 15) is 35.9 Å². The number of anilines is 1. The minimum absolute atomic E-state index is 0.0932. The van der Waals surface area contributed by atoms with Crippen molar-refractivity contribution in [1.82, 2.24) is 5.32 Å². The number of amides is 2. The van der Waals surface area contributed by atoms with Gasteiger partial charge in [0.05, 0.1) is 17.7 Å². The van der Waals surface area contributed by atoms with E-state index in [0.29, 0.717) is 10.7 Å². The maximum Gasteiger partial charge on any atom is 0.416 e. The van der Waals surface area contributed by atoms with E-state index in [1.165, 1.54) is 24.3 Å². The fraction of sp³-hybridized carbons (Fsp3) is 0.176. The van der Waals surface area contributed by atoms with E-state index in [2.05, 4.69) is 5.32 Å². The molecule has 0 bridgehead atoms. The normalized spacial score (nSPS) is 11.8. The lowest BCUT2D eigenvalue weighted by Crippen LogP contribution is -2.33. The smallest absolute Gasteiger partial charge is 0.343 e. The van der Waals surface area contributed by atoms with Crippen LogP contribution in [0.1, 0.15) is 21.5 Å². The van der Waals surface area contributed by atoms with E-state index < -0.39 is 47.4 Å². The third-order valence-electron chi connectivity index (χ3n) is 3.39. The Labute approximate surface area is 159 Å². The summed E-state index contributed by atoms with van der Waals surface area (Å²) in [4.78, 5) is 23.7. The van der Waals surface area contributed by atoms with Gasteiger partial charge in [-0.05, 0) is 42.5 Å². The van der Waals surface area contributed by atoms with Crippen LogP contribution in [0.15, 0.2) is 42.5 Å². The first kappa shape index (κ1) is 21.5. The molecule has 2 aromatic carbocycles. The third kappa shape index (κ3) is 5.88. The highest BCUT2D eigenvalue weighted by Gasteiger charge is 2.37. The Kier molecular flexibility index (Phi) is 6.23. The summed E-state index contributed by atoms with van der Waals surface area (Å²) in [6.45, 7) is -0.668. The molecule has 0 aliphatic rings. The lowest BCUT2D eigenvalue weighted by molar-refractivity contribution is -0.143. The zero-order valence-electron chi connectivity index (χ0n) is 13.7. The Morgan fingerprint density at radius 3 is 1.82 bits per heavy atom. The van der Waals surface area contributed by atoms with Gasteiger partial charge in [-0.25, -0.2) is 0 Å². The molecule has 0 aromatic heterocycles. The van der Waals surface area contributed by atoms with Gasteiger partial charge >= 0.3 is 12.4 Å². The molecule has 0 aliphatic carbocycles. The second-order valence-corrected chi connectivity index (χ2v) is 5.97. The number of nitrogens with one attached hydrogen (secondary N) is 2. The average Bonchev–Trinajstić information content (AvgIpc) is 2.59. The van der Waals surface area contributed by atoms with Crippen molar-refractivity contribution in [3.05, 3.63) is 64.2 Å². The van der Waals surface area contributed by atoms with Crippen molar-refractivity contribution in [1.29, 1.82) is 0 Å². The van der Waals surface area contributed by atoms with E-state index >= 15 is 0 Å².